The predicted molar refractivity (Wildman–Crippen MR) is 113 cm³/mol. The van der Waals surface area contributed by atoms with Crippen LogP contribution in [0.3, 0.4) is 0 Å². The van der Waals surface area contributed by atoms with Gasteiger partial charge in [0.1, 0.15) is 0 Å². The zero-order valence-electron chi connectivity index (χ0n) is 15.2. The van der Waals surface area contributed by atoms with Gasteiger partial charge in [-0.2, -0.15) is 0 Å². The first kappa shape index (κ1) is 23.0. The Kier molecular flexibility index (Phi) is 12.9. The van der Waals surface area contributed by atoms with Crippen LogP contribution in [0, 0.1) is 0 Å². The minimum atomic E-state index is -1.89. The molecule has 2 nitrogen and oxygen atoms in total. The number of ether oxygens (including phenoxy) is 1. The second-order valence-electron chi connectivity index (χ2n) is 5.58. The Morgan fingerprint density at radius 3 is 2.16 bits per heavy atom. The van der Waals surface area contributed by atoms with Crippen molar-refractivity contribution in [3.05, 3.63) is 36.5 Å². The fourth-order valence-electron chi connectivity index (χ4n) is 2.53. The normalized spacial score (nSPS) is 11.0. The van der Waals surface area contributed by atoms with E-state index in [1.807, 2.05) is 30.3 Å². The summed E-state index contributed by atoms with van der Waals surface area (Å²) in [5.74, 6) is 0.688. The Labute approximate surface area is 166 Å². The minimum absolute atomic E-state index is 0.439. The van der Waals surface area contributed by atoms with E-state index in [9.17, 15) is 0 Å². The van der Waals surface area contributed by atoms with Crippen LogP contribution < -0.4 is 4.74 Å². The van der Waals surface area contributed by atoms with Crippen molar-refractivity contribution in [3.63, 3.8) is 0 Å². The quantitative estimate of drug-likeness (QED) is 0.294. The molecule has 0 bridgehead atoms. The molecule has 0 amide bonds. The van der Waals surface area contributed by atoms with E-state index in [1.54, 1.807) is 6.20 Å². The second-order valence-corrected chi connectivity index (χ2v) is 13.9. The van der Waals surface area contributed by atoms with Gasteiger partial charge in [0, 0.05) is 0 Å². The van der Waals surface area contributed by atoms with Crippen molar-refractivity contribution in [2.75, 3.05) is 18.5 Å². The number of rotatable bonds is 8. The molecule has 0 atom stereocenters. The topological polar surface area (TPSA) is 22.1 Å². The molecule has 6 heteroatoms. The number of fused-ring (bicyclic) bond motifs is 1. The molecule has 0 saturated carbocycles. The van der Waals surface area contributed by atoms with Crippen LogP contribution in [0.2, 0.25) is 0 Å². The molecule has 142 valence electrons. The Morgan fingerprint density at radius 2 is 1.60 bits per heavy atom. The number of hydrogen-bond donors (Lipinski definition) is 0. The van der Waals surface area contributed by atoms with Crippen molar-refractivity contribution < 1.29 is 18.3 Å². The van der Waals surface area contributed by atoms with Crippen LogP contribution in [0.15, 0.2) is 36.5 Å². The van der Waals surface area contributed by atoms with Crippen molar-refractivity contribution in [1.82, 2.24) is 4.98 Å². The summed E-state index contributed by atoms with van der Waals surface area (Å²) in [4.78, 5) is 5.74. The summed E-state index contributed by atoms with van der Waals surface area (Å²) < 4.78 is 5.39. The number of nitrogens with zero attached hydrogens (tertiary/aromatic N) is 1. The van der Waals surface area contributed by atoms with E-state index in [-0.39, 0.29) is 0 Å². The molecule has 0 aliphatic carbocycles. The molecule has 1 aromatic carbocycles. The summed E-state index contributed by atoms with van der Waals surface area (Å²) in [6, 6.07) is 9.60. The average Bonchev–Trinajstić information content (AvgIpc) is 2.61. The van der Waals surface area contributed by atoms with E-state index < -0.39 is 13.5 Å². The van der Waals surface area contributed by atoms with Crippen LogP contribution in [0.5, 0.6) is 5.75 Å². The van der Waals surface area contributed by atoms with Gasteiger partial charge in [0.25, 0.3) is 0 Å². The summed E-state index contributed by atoms with van der Waals surface area (Å²) >= 11 is -1.89. The van der Waals surface area contributed by atoms with Crippen molar-refractivity contribution in [2.24, 2.45) is 0 Å². The zero-order chi connectivity index (χ0) is 18.5. The summed E-state index contributed by atoms with van der Waals surface area (Å²) in [6.45, 7) is 6.92. The van der Waals surface area contributed by atoms with E-state index in [0.717, 1.165) is 10.9 Å². The van der Waals surface area contributed by atoms with Crippen molar-refractivity contribution in [2.45, 2.75) is 40.0 Å². The van der Waals surface area contributed by atoms with E-state index >= 15 is 0 Å². The zero-order valence-corrected chi connectivity index (χ0v) is 19.3. The summed E-state index contributed by atoms with van der Waals surface area (Å²) in [7, 11) is 11.8. The van der Waals surface area contributed by atoms with Crippen LogP contribution in [0.25, 0.3) is 10.9 Å². The fourth-order valence-corrected chi connectivity index (χ4v) is 5.85. The van der Waals surface area contributed by atoms with E-state index in [0.29, 0.717) is 13.7 Å². The van der Waals surface area contributed by atoms with Gasteiger partial charge in [-0.3, -0.25) is 0 Å². The van der Waals surface area contributed by atoms with Crippen molar-refractivity contribution in [1.29, 1.82) is 0 Å². The van der Waals surface area contributed by atoms with Crippen LogP contribution in [0.1, 0.15) is 40.0 Å². The predicted octanol–water partition coefficient (Wildman–Crippen LogP) is 7.00. The third-order valence-corrected chi connectivity index (χ3v) is 7.95. The van der Waals surface area contributed by atoms with Crippen LogP contribution >= 0.6 is 27.3 Å². The molecule has 0 fully saturated rings. The second kappa shape index (κ2) is 14.0. The van der Waals surface area contributed by atoms with Gasteiger partial charge >= 0.3 is 101 Å². The van der Waals surface area contributed by atoms with Crippen LogP contribution in [-0.4, -0.2) is 28.3 Å². The average molecular weight is 489 g/mol. The molecule has 0 radical (unpaired) electrons. The Balaban J connectivity index is 0.000000275. The summed E-state index contributed by atoms with van der Waals surface area (Å²) in [6.07, 6.45) is 10.4. The van der Waals surface area contributed by atoms with Gasteiger partial charge in [-0.15, -0.1) is 7.92 Å². The molecule has 0 saturated heterocycles. The third-order valence-electron chi connectivity index (χ3n) is 3.45. The molecule has 0 spiro atoms. The van der Waals surface area contributed by atoms with Gasteiger partial charge in [-0.25, -0.2) is 0 Å². The van der Waals surface area contributed by atoms with Crippen LogP contribution in [0.4, 0.5) is 0 Å². The molecule has 1 heterocycles. The standard InChI is InChI=1S/C10H7NO.C9H21P.2ClH.Ru/c1-12-9-6-2-4-8-5-3-7-11-10(8)9;1-4-7-10(8-5-2)9-6-3;;;/h1-7H;4-9H2,1-3H3;2*1H;/q;;;;+2/p-2. The fraction of sp³-hybridized carbons (Fsp3) is 0.474. The number of para-hydroxylation sites is 1. The van der Waals surface area contributed by atoms with Crippen LogP contribution in [-0.2, 0) is 13.5 Å². The number of hydrogen-bond acceptors (Lipinski definition) is 2. The van der Waals surface area contributed by atoms with Gasteiger partial charge in [0.15, 0.2) is 0 Å². The molecule has 0 N–H and O–H groups in total. The van der Waals surface area contributed by atoms with Gasteiger partial charge in [0.05, 0.1) is 0 Å². The molecular formula is C19H28Cl2NOPRu. The molecule has 1 aromatic heterocycles. The summed E-state index contributed by atoms with van der Waals surface area (Å²) in [5, 5.41) is 1.03. The van der Waals surface area contributed by atoms with E-state index in [4.69, 9.17) is 24.1 Å². The maximum absolute atomic E-state index is 5.69. The molecular weight excluding hydrogens is 461 g/mol. The molecule has 0 aliphatic heterocycles. The van der Waals surface area contributed by atoms with Gasteiger partial charge in [0.2, 0.25) is 0 Å². The number of pyridine rings is 1. The van der Waals surface area contributed by atoms with Gasteiger partial charge < -0.3 is 0 Å². The molecule has 25 heavy (non-hydrogen) atoms. The first-order valence-electron chi connectivity index (χ1n) is 8.66. The number of halogens is 2. The number of benzene rings is 1. The molecule has 2 rings (SSSR count). The monoisotopic (exact) mass is 489 g/mol. The Hall–Kier alpha value is -0.0666. The summed E-state index contributed by atoms with van der Waals surface area (Å²) in [5.41, 5.74) is 0.819. The molecule has 0 unspecified atom stereocenters. The third kappa shape index (κ3) is 9.43. The Bertz CT molecular complexity index is 631. The van der Waals surface area contributed by atoms with E-state index in [1.165, 1.54) is 42.5 Å². The van der Waals surface area contributed by atoms with Crippen molar-refractivity contribution in [3.8, 4) is 5.75 Å². The molecule has 0 aliphatic rings. The first-order valence-corrected chi connectivity index (χ1v) is 16.0. The SMILES string of the molecule is CCCP(CCC)CCC.[Cl][Ru]([Cl])=[CH]Oc1cccc2cccnc12. The number of aromatic nitrogens is 1. The van der Waals surface area contributed by atoms with Crippen molar-refractivity contribution >= 4 is 43.0 Å². The first-order chi connectivity index (χ1) is 12.1. The molecule has 2 aromatic rings. The van der Waals surface area contributed by atoms with E-state index in [2.05, 4.69) is 25.8 Å². The van der Waals surface area contributed by atoms with Gasteiger partial charge in [-0.05, 0) is 18.5 Å². The van der Waals surface area contributed by atoms with Gasteiger partial charge in [-0.1, -0.05) is 40.0 Å². The maximum atomic E-state index is 5.69. The Morgan fingerprint density at radius 1 is 1.00 bits per heavy atom.